The van der Waals surface area contributed by atoms with Crippen molar-refractivity contribution in [1.29, 1.82) is 0 Å². The zero-order valence-electron chi connectivity index (χ0n) is 7.12. The molecule has 68 valence electrons. The van der Waals surface area contributed by atoms with Crippen LogP contribution in [0.5, 0.6) is 0 Å². The zero-order chi connectivity index (χ0) is 8.53. The predicted molar refractivity (Wildman–Crippen MR) is 43.4 cm³/mol. The van der Waals surface area contributed by atoms with Crippen molar-refractivity contribution in [2.45, 2.75) is 32.3 Å². The van der Waals surface area contributed by atoms with Crippen molar-refractivity contribution >= 4 is 0 Å². The number of aliphatic hydroxyl groups is 2. The highest BCUT2D eigenvalue weighted by molar-refractivity contribution is 4.53. The van der Waals surface area contributed by atoms with Crippen LogP contribution in [0.25, 0.3) is 0 Å². The summed E-state index contributed by atoms with van der Waals surface area (Å²) in [5.41, 5.74) is 0. The largest absolute Gasteiger partial charge is 0.396 e. The van der Waals surface area contributed by atoms with E-state index in [9.17, 15) is 0 Å². The van der Waals surface area contributed by atoms with Crippen LogP contribution < -0.4 is 0 Å². The van der Waals surface area contributed by atoms with Crippen molar-refractivity contribution in [2.75, 3.05) is 19.8 Å². The van der Waals surface area contributed by atoms with Gasteiger partial charge in [-0.25, -0.2) is 0 Å². The Hall–Kier alpha value is -0.120. The first kappa shape index (κ1) is 10.9. The van der Waals surface area contributed by atoms with Crippen molar-refractivity contribution in [3.63, 3.8) is 0 Å². The monoisotopic (exact) mass is 162 g/mol. The molecule has 11 heavy (non-hydrogen) atoms. The summed E-state index contributed by atoms with van der Waals surface area (Å²) < 4.78 is 5.26. The fourth-order valence-corrected chi connectivity index (χ4v) is 0.766. The molecule has 0 spiro atoms. The van der Waals surface area contributed by atoms with Gasteiger partial charge in [0.2, 0.25) is 0 Å². The standard InChI is InChI=1S/C8H18O3/c1-2-3-6-11-8(7-10)4-5-9/h8-10H,2-7H2,1H3. The molecule has 1 atom stereocenters. The summed E-state index contributed by atoms with van der Waals surface area (Å²) in [5.74, 6) is 0. The van der Waals surface area contributed by atoms with Gasteiger partial charge in [-0.15, -0.1) is 0 Å². The summed E-state index contributed by atoms with van der Waals surface area (Å²) in [6, 6.07) is 0. The number of aliphatic hydroxyl groups excluding tert-OH is 2. The van der Waals surface area contributed by atoms with Crippen LogP contribution in [0.15, 0.2) is 0 Å². The lowest BCUT2D eigenvalue weighted by Gasteiger charge is -2.13. The molecule has 0 aliphatic rings. The summed E-state index contributed by atoms with van der Waals surface area (Å²) in [6.45, 7) is 2.85. The molecular weight excluding hydrogens is 144 g/mol. The molecule has 2 N–H and O–H groups in total. The first-order valence-electron chi connectivity index (χ1n) is 4.18. The van der Waals surface area contributed by atoms with E-state index in [2.05, 4.69) is 6.92 Å². The molecule has 0 heterocycles. The van der Waals surface area contributed by atoms with Crippen LogP contribution in [-0.4, -0.2) is 36.1 Å². The zero-order valence-corrected chi connectivity index (χ0v) is 7.12. The lowest BCUT2D eigenvalue weighted by atomic mass is 10.3. The smallest absolute Gasteiger partial charge is 0.0827 e. The molecular formula is C8H18O3. The first-order chi connectivity index (χ1) is 5.35. The summed E-state index contributed by atoms with van der Waals surface area (Å²) in [4.78, 5) is 0. The maximum Gasteiger partial charge on any atom is 0.0827 e. The second-order valence-corrected chi connectivity index (χ2v) is 2.54. The third-order valence-electron chi connectivity index (χ3n) is 1.51. The molecule has 0 fully saturated rings. The van der Waals surface area contributed by atoms with Gasteiger partial charge in [-0.05, 0) is 12.8 Å². The van der Waals surface area contributed by atoms with Crippen LogP contribution in [0, 0.1) is 0 Å². The van der Waals surface area contributed by atoms with E-state index in [-0.39, 0.29) is 19.3 Å². The molecule has 0 saturated carbocycles. The third kappa shape index (κ3) is 6.28. The van der Waals surface area contributed by atoms with Crippen molar-refractivity contribution in [1.82, 2.24) is 0 Å². The molecule has 0 aromatic rings. The van der Waals surface area contributed by atoms with Crippen LogP contribution >= 0.6 is 0 Å². The molecule has 0 aromatic carbocycles. The molecule has 1 unspecified atom stereocenters. The summed E-state index contributed by atoms with van der Waals surface area (Å²) in [6.07, 6.45) is 2.46. The third-order valence-corrected chi connectivity index (χ3v) is 1.51. The molecule has 0 saturated heterocycles. The predicted octanol–water partition coefficient (Wildman–Crippen LogP) is 0.546. The van der Waals surface area contributed by atoms with Crippen molar-refractivity contribution in [3.8, 4) is 0 Å². The number of unbranched alkanes of at least 4 members (excludes halogenated alkanes) is 1. The van der Waals surface area contributed by atoms with Gasteiger partial charge in [-0.2, -0.15) is 0 Å². The molecule has 0 bridgehead atoms. The van der Waals surface area contributed by atoms with Gasteiger partial charge >= 0.3 is 0 Å². The summed E-state index contributed by atoms with van der Waals surface area (Å²) in [5, 5.41) is 17.3. The lowest BCUT2D eigenvalue weighted by Crippen LogP contribution is -2.19. The van der Waals surface area contributed by atoms with Crippen molar-refractivity contribution in [3.05, 3.63) is 0 Å². The van der Waals surface area contributed by atoms with E-state index in [1.165, 1.54) is 0 Å². The Morgan fingerprint density at radius 3 is 2.55 bits per heavy atom. The molecule has 0 aliphatic heterocycles. The highest BCUT2D eigenvalue weighted by atomic mass is 16.5. The van der Waals surface area contributed by atoms with Crippen LogP contribution in [0.1, 0.15) is 26.2 Å². The fraction of sp³-hybridized carbons (Fsp3) is 1.00. The van der Waals surface area contributed by atoms with E-state index in [1.807, 2.05) is 0 Å². The molecule has 0 aliphatic carbocycles. The fourth-order valence-electron chi connectivity index (χ4n) is 0.766. The quantitative estimate of drug-likeness (QED) is 0.537. The Balaban J connectivity index is 3.20. The minimum Gasteiger partial charge on any atom is -0.396 e. The highest BCUT2D eigenvalue weighted by Crippen LogP contribution is 1.98. The Labute approximate surface area is 68.0 Å². The van der Waals surface area contributed by atoms with Crippen molar-refractivity contribution in [2.24, 2.45) is 0 Å². The van der Waals surface area contributed by atoms with Gasteiger partial charge in [0.1, 0.15) is 0 Å². The minimum atomic E-state index is -0.174. The minimum absolute atomic E-state index is 0.00424. The van der Waals surface area contributed by atoms with E-state index >= 15 is 0 Å². The van der Waals surface area contributed by atoms with Gasteiger partial charge in [-0.3, -0.25) is 0 Å². The Morgan fingerprint density at radius 1 is 1.36 bits per heavy atom. The molecule has 0 radical (unpaired) electrons. The first-order valence-corrected chi connectivity index (χ1v) is 4.18. The SMILES string of the molecule is CCCCOC(CO)CCO. The van der Waals surface area contributed by atoms with Gasteiger partial charge < -0.3 is 14.9 Å². The van der Waals surface area contributed by atoms with E-state index in [0.717, 1.165) is 12.8 Å². The number of ether oxygens (including phenoxy) is 1. The average Bonchev–Trinajstić information content (AvgIpc) is 2.03. The van der Waals surface area contributed by atoms with Gasteiger partial charge in [0.25, 0.3) is 0 Å². The molecule has 3 heteroatoms. The maximum absolute atomic E-state index is 8.72. The number of hydrogen-bond donors (Lipinski definition) is 2. The van der Waals surface area contributed by atoms with Gasteiger partial charge in [0, 0.05) is 13.2 Å². The molecule has 0 rings (SSSR count). The van der Waals surface area contributed by atoms with Crippen LogP contribution in [0.3, 0.4) is 0 Å². The van der Waals surface area contributed by atoms with Gasteiger partial charge in [-0.1, -0.05) is 13.3 Å². The van der Waals surface area contributed by atoms with E-state index < -0.39 is 0 Å². The molecule has 3 nitrogen and oxygen atoms in total. The Bertz CT molecular complexity index is 75.7. The Morgan fingerprint density at radius 2 is 2.09 bits per heavy atom. The molecule has 0 amide bonds. The number of hydrogen-bond acceptors (Lipinski definition) is 3. The lowest BCUT2D eigenvalue weighted by molar-refractivity contribution is -0.00180. The number of rotatable bonds is 7. The summed E-state index contributed by atoms with van der Waals surface area (Å²) in [7, 11) is 0. The Kier molecular flexibility index (Phi) is 7.89. The van der Waals surface area contributed by atoms with Crippen LogP contribution in [0.2, 0.25) is 0 Å². The van der Waals surface area contributed by atoms with Crippen molar-refractivity contribution < 1.29 is 14.9 Å². The topological polar surface area (TPSA) is 49.7 Å². The summed E-state index contributed by atoms with van der Waals surface area (Å²) >= 11 is 0. The van der Waals surface area contributed by atoms with E-state index in [0.29, 0.717) is 13.0 Å². The average molecular weight is 162 g/mol. The van der Waals surface area contributed by atoms with E-state index in [4.69, 9.17) is 14.9 Å². The van der Waals surface area contributed by atoms with E-state index in [1.54, 1.807) is 0 Å². The van der Waals surface area contributed by atoms with Crippen LogP contribution in [-0.2, 0) is 4.74 Å². The normalized spacial score (nSPS) is 13.4. The van der Waals surface area contributed by atoms with Crippen LogP contribution in [0.4, 0.5) is 0 Å². The molecule has 0 aromatic heterocycles. The maximum atomic E-state index is 8.72. The van der Waals surface area contributed by atoms with Gasteiger partial charge in [0.15, 0.2) is 0 Å². The highest BCUT2D eigenvalue weighted by Gasteiger charge is 2.05. The van der Waals surface area contributed by atoms with Gasteiger partial charge in [0.05, 0.1) is 12.7 Å². The second kappa shape index (κ2) is 7.98. The second-order valence-electron chi connectivity index (χ2n) is 2.54.